The molecule has 2 rings (SSSR count). The SMILES string of the molecule is Cc1cncc(-c2cncn2C)c1. The third-order valence-corrected chi connectivity index (χ3v) is 1.99. The van der Waals surface area contributed by atoms with Crippen molar-refractivity contribution in [2.75, 3.05) is 0 Å². The molecule has 0 aliphatic carbocycles. The maximum atomic E-state index is 4.14. The Morgan fingerprint density at radius 3 is 2.62 bits per heavy atom. The smallest absolute Gasteiger partial charge is 0.0948 e. The fraction of sp³-hybridized carbons (Fsp3) is 0.200. The van der Waals surface area contributed by atoms with Crippen molar-refractivity contribution in [3.8, 4) is 11.3 Å². The van der Waals surface area contributed by atoms with Crippen molar-refractivity contribution in [3.05, 3.63) is 36.5 Å². The number of rotatable bonds is 1. The zero-order valence-corrected chi connectivity index (χ0v) is 7.73. The van der Waals surface area contributed by atoms with Crippen LogP contribution in [0, 0.1) is 6.92 Å². The van der Waals surface area contributed by atoms with Crippen LogP contribution in [0.5, 0.6) is 0 Å². The Hall–Kier alpha value is -1.64. The van der Waals surface area contributed by atoms with Gasteiger partial charge in [0.15, 0.2) is 0 Å². The molecule has 0 aliphatic rings. The molecule has 0 unspecified atom stereocenters. The van der Waals surface area contributed by atoms with Crippen LogP contribution < -0.4 is 0 Å². The van der Waals surface area contributed by atoms with E-state index in [0.717, 1.165) is 11.3 Å². The van der Waals surface area contributed by atoms with Crippen molar-refractivity contribution in [2.24, 2.45) is 7.05 Å². The van der Waals surface area contributed by atoms with Gasteiger partial charge in [0.1, 0.15) is 0 Å². The summed E-state index contributed by atoms with van der Waals surface area (Å²) in [5.74, 6) is 0. The van der Waals surface area contributed by atoms with E-state index in [2.05, 4.69) is 16.0 Å². The summed E-state index contributed by atoms with van der Waals surface area (Å²) < 4.78 is 1.98. The highest BCUT2D eigenvalue weighted by molar-refractivity contribution is 5.58. The van der Waals surface area contributed by atoms with Crippen LogP contribution in [0.25, 0.3) is 11.3 Å². The first-order valence-electron chi connectivity index (χ1n) is 4.16. The predicted octanol–water partition coefficient (Wildman–Crippen LogP) is 1.79. The molecule has 2 aromatic heterocycles. The number of hydrogen-bond donors (Lipinski definition) is 0. The molecule has 2 aromatic rings. The number of hydrogen-bond acceptors (Lipinski definition) is 2. The van der Waals surface area contributed by atoms with Crippen molar-refractivity contribution >= 4 is 0 Å². The third-order valence-electron chi connectivity index (χ3n) is 1.99. The molecular weight excluding hydrogens is 162 g/mol. The van der Waals surface area contributed by atoms with Gasteiger partial charge in [-0.3, -0.25) is 4.98 Å². The molecule has 0 radical (unpaired) electrons. The maximum Gasteiger partial charge on any atom is 0.0948 e. The summed E-state index contributed by atoms with van der Waals surface area (Å²) in [5, 5.41) is 0. The second-order valence-electron chi connectivity index (χ2n) is 3.14. The number of pyridine rings is 1. The normalized spacial score (nSPS) is 10.3. The molecule has 0 amide bonds. The summed E-state index contributed by atoms with van der Waals surface area (Å²) >= 11 is 0. The molecule has 0 N–H and O–H groups in total. The van der Waals surface area contributed by atoms with Crippen molar-refractivity contribution < 1.29 is 0 Å². The highest BCUT2D eigenvalue weighted by atomic mass is 15.0. The minimum absolute atomic E-state index is 1.09. The topological polar surface area (TPSA) is 30.7 Å². The lowest BCUT2D eigenvalue weighted by Gasteiger charge is -2.01. The molecule has 0 aromatic carbocycles. The molecule has 3 nitrogen and oxygen atoms in total. The second-order valence-corrected chi connectivity index (χ2v) is 3.14. The summed E-state index contributed by atoms with van der Waals surface area (Å²) in [6.07, 6.45) is 7.33. The Bertz CT molecular complexity index is 418. The lowest BCUT2D eigenvalue weighted by Crippen LogP contribution is -1.90. The first-order chi connectivity index (χ1) is 6.27. The Morgan fingerprint density at radius 1 is 1.15 bits per heavy atom. The summed E-state index contributed by atoms with van der Waals surface area (Å²) in [4.78, 5) is 8.20. The van der Waals surface area contributed by atoms with Crippen LogP contribution in [0.4, 0.5) is 0 Å². The Morgan fingerprint density at radius 2 is 2.00 bits per heavy atom. The van der Waals surface area contributed by atoms with Gasteiger partial charge in [-0.05, 0) is 18.6 Å². The van der Waals surface area contributed by atoms with E-state index in [1.165, 1.54) is 5.56 Å². The van der Waals surface area contributed by atoms with Crippen LogP contribution >= 0.6 is 0 Å². The van der Waals surface area contributed by atoms with Gasteiger partial charge in [-0.25, -0.2) is 4.98 Å². The molecular formula is C10H11N3. The van der Waals surface area contributed by atoms with Gasteiger partial charge in [0, 0.05) is 25.0 Å². The molecule has 0 bridgehead atoms. The van der Waals surface area contributed by atoms with E-state index < -0.39 is 0 Å². The van der Waals surface area contributed by atoms with Crippen LogP contribution in [0.2, 0.25) is 0 Å². The van der Waals surface area contributed by atoms with E-state index in [1.807, 2.05) is 37.1 Å². The largest absolute Gasteiger partial charge is 0.334 e. The quantitative estimate of drug-likeness (QED) is 0.658. The lowest BCUT2D eigenvalue weighted by atomic mass is 10.2. The maximum absolute atomic E-state index is 4.14. The second kappa shape index (κ2) is 3.01. The Labute approximate surface area is 77.1 Å². The van der Waals surface area contributed by atoms with Gasteiger partial charge in [0.2, 0.25) is 0 Å². The monoisotopic (exact) mass is 173 g/mol. The fourth-order valence-electron chi connectivity index (χ4n) is 1.33. The number of nitrogens with zero attached hydrogens (tertiary/aromatic N) is 3. The molecule has 0 fully saturated rings. The van der Waals surface area contributed by atoms with E-state index in [1.54, 1.807) is 6.33 Å². The van der Waals surface area contributed by atoms with Crippen molar-refractivity contribution in [1.82, 2.24) is 14.5 Å². The molecule has 3 heteroatoms. The van der Waals surface area contributed by atoms with Gasteiger partial charge in [-0.1, -0.05) is 0 Å². The van der Waals surface area contributed by atoms with Gasteiger partial charge in [-0.2, -0.15) is 0 Å². The van der Waals surface area contributed by atoms with E-state index in [9.17, 15) is 0 Å². The number of aryl methyl sites for hydroxylation is 2. The summed E-state index contributed by atoms with van der Waals surface area (Å²) in [6, 6.07) is 2.10. The zero-order valence-electron chi connectivity index (χ0n) is 7.73. The molecule has 0 aliphatic heterocycles. The highest BCUT2D eigenvalue weighted by Gasteiger charge is 2.01. The van der Waals surface area contributed by atoms with Crippen LogP contribution in [0.3, 0.4) is 0 Å². The van der Waals surface area contributed by atoms with Crippen LogP contribution in [-0.4, -0.2) is 14.5 Å². The summed E-state index contributed by atoms with van der Waals surface area (Å²) in [6.45, 7) is 2.03. The van der Waals surface area contributed by atoms with E-state index in [4.69, 9.17) is 0 Å². The minimum atomic E-state index is 1.09. The van der Waals surface area contributed by atoms with Crippen molar-refractivity contribution in [1.29, 1.82) is 0 Å². The molecule has 0 saturated heterocycles. The minimum Gasteiger partial charge on any atom is -0.334 e. The number of aromatic nitrogens is 3. The third kappa shape index (κ3) is 1.45. The van der Waals surface area contributed by atoms with E-state index >= 15 is 0 Å². The summed E-state index contributed by atoms with van der Waals surface area (Å²) in [7, 11) is 1.98. The molecule has 0 saturated carbocycles. The van der Waals surface area contributed by atoms with E-state index in [-0.39, 0.29) is 0 Å². The molecule has 0 spiro atoms. The Balaban J connectivity index is 2.53. The standard InChI is InChI=1S/C10H11N3/c1-8-3-9(5-11-4-8)10-6-12-7-13(10)2/h3-7H,1-2H3. The fourth-order valence-corrected chi connectivity index (χ4v) is 1.33. The van der Waals surface area contributed by atoms with Crippen LogP contribution in [-0.2, 0) is 7.05 Å². The summed E-state index contributed by atoms with van der Waals surface area (Å²) in [5.41, 5.74) is 3.37. The van der Waals surface area contributed by atoms with Gasteiger partial charge in [-0.15, -0.1) is 0 Å². The Kier molecular flexibility index (Phi) is 1.85. The first kappa shape index (κ1) is 7.98. The van der Waals surface area contributed by atoms with Gasteiger partial charge >= 0.3 is 0 Å². The lowest BCUT2D eigenvalue weighted by molar-refractivity contribution is 0.920. The molecule has 13 heavy (non-hydrogen) atoms. The molecule has 0 atom stereocenters. The highest BCUT2D eigenvalue weighted by Crippen LogP contribution is 2.17. The van der Waals surface area contributed by atoms with Gasteiger partial charge < -0.3 is 4.57 Å². The number of imidazole rings is 1. The van der Waals surface area contributed by atoms with Crippen LogP contribution in [0.1, 0.15) is 5.56 Å². The molecule has 2 heterocycles. The van der Waals surface area contributed by atoms with Gasteiger partial charge in [0.05, 0.1) is 18.2 Å². The molecule has 66 valence electrons. The van der Waals surface area contributed by atoms with E-state index in [0.29, 0.717) is 0 Å². The zero-order chi connectivity index (χ0) is 9.26. The first-order valence-corrected chi connectivity index (χ1v) is 4.16. The predicted molar refractivity (Wildman–Crippen MR) is 51.2 cm³/mol. The van der Waals surface area contributed by atoms with Crippen molar-refractivity contribution in [2.45, 2.75) is 6.92 Å². The average Bonchev–Trinajstić information content (AvgIpc) is 2.51. The van der Waals surface area contributed by atoms with Gasteiger partial charge in [0.25, 0.3) is 0 Å². The van der Waals surface area contributed by atoms with Crippen molar-refractivity contribution in [3.63, 3.8) is 0 Å². The average molecular weight is 173 g/mol. The van der Waals surface area contributed by atoms with Crippen LogP contribution in [0.15, 0.2) is 31.0 Å².